The zero-order valence-corrected chi connectivity index (χ0v) is 9.61. The van der Waals surface area contributed by atoms with Crippen molar-refractivity contribution >= 4 is 22.9 Å². The number of allylic oxidation sites excluding steroid dienone is 1. The molecule has 1 aromatic carbocycles. The second-order valence-corrected chi connectivity index (χ2v) is 3.64. The fraction of sp³-hybridized carbons (Fsp3) is 0. The van der Waals surface area contributed by atoms with Gasteiger partial charge in [0.2, 0.25) is 5.82 Å². The average Bonchev–Trinajstić information content (AvgIpc) is 2.82. The van der Waals surface area contributed by atoms with E-state index in [1.165, 1.54) is 24.4 Å². The molecule has 90 valence electrons. The van der Waals surface area contributed by atoms with Crippen molar-refractivity contribution in [2.45, 2.75) is 0 Å². The summed E-state index contributed by atoms with van der Waals surface area (Å²) in [6, 6.07) is 5.84. The number of rotatable bonds is 3. The molecule has 0 saturated heterocycles. The molecule has 0 amide bonds. The van der Waals surface area contributed by atoms with Crippen molar-refractivity contribution < 1.29 is 4.39 Å². The van der Waals surface area contributed by atoms with Crippen LogP contribution >= 0.6 is 11.6 Å². The molecule has 0 bridgehead atoms. The molecule has 2 rings (SSSR count). The van der Waals surface area contributed by atoms with Crippen LogP contribution in [0.2, 0.25) is 5.02 Å². The van der Waals surface area contributed by atoms with E-state index < -0.39 is 5.82 Å². The molecule has 1 aromatic heterocycles. The number of halogens is 2. The Balaban J connectivity index is 2.21. The number of H-pyrrole nitrogens is 1. The molecule has 18 heavy (non-hydrogen) atoms. The van der Waals surface area contributed by atoms with E-state index in [9.17, 15) is 4.39 Å². The number of nitrogens with one attached hydrogen (secondary N) is 2. The highest BCUT2D eigenvalue weighted by molar-refractivity contribution is 6.30. The zero-order valence-electron chi connectivity index (χ0n) is 8.85. The lowest BCUT2D eigenvalue weighted by atomic mass is 10.3. The third kappa shape index (κ3) is 2.81. The van der Waals surface area contributed by atoms with E-state index in [1.54, 1.807) is 0 Å². The summed E-state index contributed by atoms with van der Waals surface area (Å²) in [6.45, 7) is 0. The average molecular weight is 265 g/mol. The van der Waals surface area contributed by atoms with Crippen LogP contribution in [0, 0.1) is 17.1 Å². The highest BCUT2D eigenvalue weighted by Gasteiger charge is 2.05. The maximum Gasteiger partial charge on any atom is 0.216 e. The first-order valence-electron chi connectivity index (χ1n) is 4.76. The number of hydrogen-bond acceptors (Lipinski definition) is 5. The third-order valence-corrected chi connectivity index (χ3v) is 2.17. The fourth-order valence-electron chi connectivity index (χ4n) is 1.22. The van der Waals surface area contributed by atoms with Crippen molar-refractivity contribution in [3.8, 4) is 6.07 Å². The molecular weight excluding hydrogens is 259 g/mol. The predicted octanol–water partition coefficient (Wildman–Crippen LogP) is 1.97. The monoisotopic (exact) mass is 264 g/mol. The molecule has 0 radical (unpaired) electrons. The molecule has 0 saturated carbocycles. The minimum atomic E-state index is -0.475. The van der Waals surface area contributed by atoms with Crippen LogP contribution in [0.15, 0.2) is 24.4 Å². The van der Waals surface area contributed by atoms with Crippen molar-refractivity contribution in [2.75, 3.05) is 5.32 Å². The molecule has 0 fully saturated rings. The maximum absolute atomic E-state index is 13.1. The molecule has 0 aliphatic rings. The Morgan fingerprint density at radius 2 is 2.33 bits per heavy atom. The second kappa shape index (κ2) is 5.25. The molecule has 0 aliphatic carbocycles. The number of aromatic nitrogens is 4. The number of benzene rings is 1. The number of hydrogen-bond donors (Lipinski definition) is 2. The zero-order chi connectivity index (χ0) is 13.0. The Bertz CT molecular complexity index is 596. The van der Waals surface area contributed by atoms with E-state index in [1.807, 2.05) is 6.07 Å². The topological polar surface area (TPSA) is 90.3 Å². The fourth-order valence-corrected chi connectivity index (χ4v) is 1.44. The van der Waals surface area contributed by atoms with Gasteiger partial charge < -0.3 is 5.32 Å². The van der Waals surface area contributed by atoms with Gasteiger partial charge in [-0.3, -0.25) is 0 Å². The van der Waals surface area contributed by atoms with Gasteiger partial charge in [-0.05, 0) is 23.4 Å². The molecule has 0 atom stereocenters. The van der Waals surface area contributed by atoms with Crippen LogP contribution in [0.5, 0.6) is 0 Å². The van der Waals surface area contributed by atoms with E-state index in [-0.39, 0.29) is 16.4 Å². The highest BCUT2D eigenvalue weighted by atomic mass is 35.5. The summed E-state index contributed by atoms with van der Waals surface area (Å²) in [5.74, 6) is -0.330. The van der Waals surface area contributed by atoms with Crippen molar-refractivity contribution in [3.63, 3.8) is 0 Å². The third-order valence-electron chi connectivity index (χ3n) is 1.95. The summed E-state index contributed by atoms with van der Waals surface area (Å²) >= 11 is 5.69. The van der Waals surface area contributed by atoms with Crippen LogP contribution in [-0.2, 0) is 0 Å². The van der Waals surface area contributed by atoms with Crippen molar-refractivity contribution in [3.05, 3.63) is 41.1 Å². The lowest BCUT2D eigenvalue weighted by Crippen LogP contribution is -1.93. The van der Waals surface area contributed by atoms with Crippen molar-refractivity contribution in [1.82, 2.24) is 20.6 Å². The van der Waals surface area contributed by atoms with Crippen molar-refractivity contribution in [2.24, 2.45) is 0 Å². The lowest BCUT2D eigenvalue weighted by Gasteiger charge is -2.02. The van der Waals surface area contributed by atoms with Gasteiger partial charge in [-0.25, -0.2) is 4.39 Å². The second-order valence-electron chi connectivity index (χ2n) is 3.21. The molecule has 2 aromatic rings. The largest absolute Gasteiger partial charge is 0.360 e. The van der Waals surface area contributed by atoms with Crippen LogP contribution in [0.4, 0.5) is 10.1 Å². The first-order valence-corrected chi connectivity index (χ1v) is 5.13. The number of nitriles is 1. The van der Waals surface area contributed by atoms with Crippen LogP contribution in [-0.4, -0.2) is 20.6 Å². The summed E-state index contributed by atoms with van der Waals surface area (Å²) in [6.07, 6.45) is 1.34. The minimum absolute atomic E-state index is 0.146. The van der Waals surface area contributed by atoms with Crippen molar-refractivity contribution in [1.29, 1.82) is 5.26 Å². The van der Waals surface area contributed by atoms with Gasteiger partial charge >= 0.3 is 0 Å². The molecule has 8 heteroatoms. The normalized spacial score (nSPS) is 11.1. The SMILES string of the molecule is N#CC(=CNc1cc(F)cc(Cl)c1)c1nn[nH]n1. The van der Waals surface area contributed by atoms with E-state index >= 15 is 0 Å². The number of aromatic amines is 1. The smallest absolute Gasteiger partial charge is 0.216 e. The van der Waals surface area contributed by atoms with Crippen LogP contribution in [0.1, 0.15) is 5.82 Å². The Kier molecular flexibility index (Phi) is 3.50. The van der Waals surface area contributed by atoms with Crippen LogP contribution in [0.25, 0.3) is 5.57 Å². The maximum atomic E-state index is 13.1. The van der Waals surface area contributed by atoms with E-state index in [0.717, 1.165) is 0 Å². The Labute approximate surface area is 106 Å². The van der Waals surface area contributed by atoms with E-state index in [2.05, 4.69) is 25.9 Å². The first kappa shape index (κ1) is 12.0. The minimum Gasteiger partial charge on any atom is -0.360 e. The van der Waals surface area contributed by atoms with Gasteiger partial charge in [-0.1, -0.05) is 11.6 Å². The van der Waals surface area contributed by atoms with E-state index in [0.29, 0.717) is 5.69 Å². The van der Waals surface area contributed by atoms with Gasteiger partial charge in [0, 0.05) is 16.9 Å². The summed E-state index contributed by atoms with van der Waals surface area (Å²) in [4.78, 5) is 0. The summed E-state index contributed by atoms with van der Waals surface area (Å²) in [5.41, 5.74) is 0.570. The molecule has 6 nitrogen and oxygen atoms in total. The molecule has 0 spiro atoms. The van der Waals surface area contributed by atoms with Gasteiger partial charge in [0.05, 0.1) is 0 Å². The molecule has 2 N–H and O–H groups in total. The molecular formula is C10H6ClFN6. The first-order chi connectivity index (χ1) is 8.69. The number of nitrogens with zero attached hydrogens (tertiary/aromatic N) is 4. The lowest BCUT2D eigenvalue weighted by molar-refractivity contribution is 0.628. The summed E-state index contributed by atoms with van der Waals surface area (Å²) in [5, 5.41) is 24.8. The van der Waals surface area contributed by atoms with Gasteiger partial charge in [0.1, 0.15) is 17.5 Å². The Morgan fingerprint density at radius 1 is 1.50 bits per heavy atom. The number of tetrazole rings is 1. The quantitative estimate of drug-likeness (QED) is 0.827. The number of anilines is 1. The summed E-state index contributed by atoms with van der Waals surface area (Å²) < 4.78 is 13.1. The molecule has 1 heterocycles. The standard InChI is InChI=1S/C10H6ClFN6/c11-7-1-8(12)3-9(2-7)14-5-6(4-13)10-15-17-18-16-10/h1-3,5,14H,(H,15,16,17,18). The van der Waals surface area contributed by atoms with Gasteiger partial charge in [-0.15, -0.1) is 10.2 Å². The van der Waals surface area contributed by atoms with Gasteiger partial charge in [-0.2, -0.15) is 10.5 Å². The van der Waals surface area contributed by atoms with Crippen LogP contribution in [0.3, 0.4) is 0 Å². The van der Waals surface area contributed by atoms with Gasteiger partial charge in [0.25, 0.3) is 0 Å². The highest BCUT2D eigenvalue weighted by Crippen LogP contribution is 2.18. The molecule has 0 aliphatic heterocycles. The van der Waals surface area contributed by atoms with Crippen LogP contribution < -0.4 is 5.32 Å². The Morgan fingerprint density at radius 3 is 2.94 bits per heavy atom. The van der Waals surface area contributed by atoms with E-state index in [4.69, 9.17) is 16.9 Å². The molecule has 0 unspecified atom stereocenters. The van der Waals surface area contributed by atoms with Gasteiger partial charge in [0.15, 0.2) is 0 Å². The Hall–Kier alpha value is -2.46. The summed E-state index contributed by atoms with van der Waals surface area (Å²) in [7, 11) is 0. The predicted molar refractivity (Wildman–Crippen MR) is 62.8 cm³/mol.